The standard InChI is InChI=1S/C9H11ClINO/c1-12-9(5-13)6-2-3-7(10)8(11)4-6/h2-4,9,12-13H,5H2,1H3/t9-/m0/s1. The van der Waals surface area contributed by atoms with Crippen LogP contribution >= 0.6 is 34.2 Å². The van der Waals surface area contributed by atoms with E-state index in [4.69, 9.17) is 16.7 Å². The lowest BCUT2D eigenvalue weighted by atomic mass is 10.1. The molecule has 1 aromatic carbocycles. The molecule has 0 amide bonds. The Kier molecular flexibility index (Phi) is 4.45. The fourth-order valence-electron chi connectivity index (χ4n) is 1.09. The number of halogens is 2. The molecule has 1 atom stereocenters. The molecule has 0 bridgehead atoms. The molecule has 2 nitrogen and oxygen atoms in total. The van der Waals surface area contributed by atoms with E-state index in [0.717, 1.165) is 14.2 Å². The maximum Gasteiger partial charge on any atom is 0.0626 e. The van der Waals surface area contributed by atoms with E-state index in [2.05, 4.69) is 27.9 Å². The van der Waals surface area contributed by atoms with Gasteiger partial charge >= 0.3 is 0 Å². The second kappa shape index (κ2) is 5.14. The fraction of sp³-hybridized carbons (Fsp3) is 0.333. The summed E-state index contributed by atoms with van der Waals surface area (Å²) in [7, 11) is 1.82. The molecule has 1 rings (SSSR count). The molecular formula is C9H11ClINO. The molecule has 0 heterocycles. The topological polar surface area (TPSA) is 32.3 Å². The molecule has 1 aromatic rings. The third-order valence-corrected chi connectivity index (χ3v) is 3.42. The molecule has 0 spiro atoms. The first kappa shape index (κ1) is 11.2. The Morgan fingerprint density at radius 2 is 2.31 bits per heavy atom. The Hall–Kier alpha value is 0.160. The smallest absolute Gasteiger partial charge is 0.0626 e. The summed E-state index contributed by atoms with van der Waals surface area (Å²) in [4.78, 5) is 0. The van der Waals surface area contributed by atoms with Crippen molar-refractivity contribution >= 4 is 34.2 Å². The van der Waals surface area contributed by atoms with Crippen LogP contribution in [0.3, 0.4) is 0 Å². The monoisotopic (exact) mass is 311 g/mol. The third kappa shape index (κ3) is 2.80. The van der Waals surface area contributed by atoms with Gasteiger partial charge in [0.2, 0.25) is 0 Å². The van der Waals surface area contributed by atoms with Crippen LogP contribution in [0.1, 0.15) is 11.6 Å². The van der Waals surface area contributed by atoms with E-state index in [1.807, 2.05) is 25.2 Å². The van der Waals surface area contributed by atoms with E-state index < -0.39 is 0 Å². The Morgan fingerprint density at radius 3 is 2.77 bits per heavy atom. The van der Waals surface area contributed by atoms with Gasteiger partial charge in [-0.3, -0.25) is 0 Å². The first-order valence-electron chi connectivity index (χ1n) is 3.92. The Labute approximate surface area is 96.4 Å². The molecule has 0 aliphatic carbocycles. The van der Waals surface area contributed by atoms with Gasteiger partial charge in [0.05, 0.1) is 17.7 Å². The van der Waals surface area contributed by atoms with Crippen LogP contribution in [0.4, 0.5) is 0 Å². The van der Waals surface area contributed by atoms with Gasteiger partial charge in [-0.05, 0) is 47.3 Å². The SMILES string of the molecule is CN[C@@H](CO)c1ccc(Cl)c(I)c1. The van der Waals surface area contributed by atoms with Crippen molar-refractivity contribution in [2.75, 3.05) is 13.7 Å². The fourth-order valence-corrected chi connectivity index (χ4v) is 1.75. The molecule has 0 fully saturated rings. The van der Waals surface area contributed by atoms with Gasteiger partial charge in [0.1, 0.15) is 0 Å². The minimum absolute atomic E-state index is 0.00853. The maximum absolute atomic E-state index is 9.04. The van der Waals surface area contributed by atoms with E-state index in [1.165, 1.54) is 0 Å². The van der Waals surface area contributed by atoms with Crippen molar-refractivity contribution in [1.82, 2.24) is 5.32 Å². The Morgan fingerprint density at radius 1 is 1.62 bits per heavy atom. The molecular weight excluding hydrogens is 300 g/mol. The van der Waals surface area contributed by atoms with Crippen molar-refractivity contribution in [2.24, 2.45) is 0 Å². The van der Waals surface area contributed by atoms with Gasteiger partial charge in [-0.25, -0.2) is 0 Å². The summed E-state index contributed by atoms with van der Waals surface area (Å²) in [6.45, 7) is 0.0915. The molecule has 0 saturated carbocycles. The molecule has 4 heteroatoms. The van der Waals surface area contributed by atoms with Crippen LogP contribution in [0.2, 0.25) is 5.02 Å². The number of aliphatic hydroxyl groups is 1. The number of rotatable bonds is 3. The number of likely N-dealkylation sites (N-methyl/N-ethyl adjacent to an activating group) is 1. The van der Waals surface area contributed by atoms with E-state index in [9.17, 15) is 0 Å². The van der Waals surface area contributed by atoms with E-state index in [1.54, 1.807) is 0 Å². The lowest BCUT2D eigenvalue weighted by Gasteiger charge is -2.13. The normalized spacial score (nSPS) is 12.9. The lowest BCUT2D eigenvalue weighted by Crippen LogP contribution is -2.19. The Balaban J connectivity index is 2.95. The average molecular weight is 312 g/mol. The summed E-state index contributed by atoms with van der Waals surface area (Å²) >= 11 is 8.06. The van der Waals surface area contributed by atoms with Gasteiger partial charge in [-0.2, -0.15) is 0 Å². The third-order valence-electron chi connectivity index (χ3n) is 1.88. The second-order valence-electron chi connectivity index (χ2n) is 2.70. The summed E-state index contributed by atoms with van der Waals surface area (Å²) in [5, 5.41) is 12.8. The van der Waals surface area contributed by atoms with Gasteiger partial charge in [0, 0.05) is 3.57 Å². The van der Waals surface area contributed by atoms with Crippen molar-refractivity contribution < 1.29 is 5.11 Å². The zero-order valence-corrected chi connectivity index (χ0v) is 10.1. The summed E-state index contributed by atoms with van der Waals surface area (Å²) in [5.41, 5.74) is 1.05. The highest BCUT2D eigenvalue weighted by molar-refractivity contribution is 14.1. The van der Waals surface area contributed by atoms with Crippen molar-refractivity contribution in [1.29, 1.82) is 0 Å². The quantitative estimate of drug-likeness (QED) is 0.839. The highest BCUT2D eigenvalue weighted by atomic mass is 127. The van der Waals surface area contributed by atoms with Crippen LogP contribution in [-0.4, -0.2) is 18.8 Å². The van der Waals surface area contributed by atoms with Crippen molar-refractivity contribution in [3.8, 4) is 0 Å². The summed E-state index contributed by atoms with van der Waals surface area (Å²) in [5.74, 6) is 0. The van der Waals surface area contributed by atoms with Crippen LogP contribution in [-0.2, 0) is 0 Å². The van der Waals surface area contributed by atoms with Crippen LogP contribution < -0.4 is 5.32 Å². The van der Waals surface area contributed by atoms with Crippen LogP contribution in [0, 0.1) is 3.57 Å². The summed E-state index contributed by atoms with van der Waals surface area (Å²) in [6, 6.07) is 5.73. The van der Waals surface area contributed by atoms with Gasteiger partial charge in [0.15, 0.2) is 0 Å². The molecule has 0 aliphatic rings. The minimum Gasteiger partial charge on any atom is -0.394 e. The highest BCUT2D eigenvalue weighted by Crippen LogP contribution is 2.22. The number of hydrogen-bond acceptors (Lipinski definition) is 2. The molecule has 0 aliphatic heterocycles. The molecule has 0 aromatic heterocycles. The highest BCUT2D eigenvalue weighted by Gasteiger charge is 2.08. The van der Waals surface area contributed by atoms with Crippen LogP contribution in [0.5, 0.6) is 0 Å². The minimum atomic E-state index is -0.00853. The van der Waals surface area contributed by atoms with Crippen LogP contribution in [0.25, 0.3) is 0 Å². The molecule has 72 valence electrons. The number of aliphatic hydroxyl groups excluding tert-OH is 1. The second-order valence-corrected chi connectivity index (χ2v) is 4.27. The summed E-state index contributed by atoms with van der Waals surface area (Å²) in [6.07, 6.45) is 0. The number of hydrogen-bond donors (Lipinski definition) is 2. The summed E-state index contributed by atoms with van der Waals surface area (Å²) < 4.78 is 1.01. The van der Waals surface area contributed by atoms with Gasteiger partial charge in [0.25, 0.3) is 0 Å². The lowest BCUT2D eigenvalue weighted by molar-refractivity contribution is 0.251. The predicted octanol–water partition coefficient (Wildman–Crippen LogP) is 2.20. The van der Waals surface area contributed by atoms with Crippen molar-refractivity contribution in [3.05, 3.63) is 32.4 Å². The van der Waals surface area contributed by atoms with E-state index in [-0.39, 0.29) is 12.6 Å². The number of nitrogens with one attached hydrogen (secondary N) is 1. The maximum atomic E-state index is 9.04. The van der Waals surface area contributed by atoms with Gasteiger partial charge in [-0.1, -0.05) is 17.7 Å². The number of benzene rings is 1. The van der Waals surface area contributed by atoms with Gasteiger partial charge < -0.3 is 10.4 Å². The van der Waals surface area contributed by atoms with E-state index >= 15 is 0 Å². The largest absolute Gasteiger partial charge is 0.394 e. The predicted molar refractivity (Wildman–Crippen MR) is 63.1 cm³/mol. The van der Waals surface area contributed by atoms with Crippen LogP contribution in [0.15, 0.2) is 18.2 Å². The van der Waals surface area contributed by atoms with Crippen molar-refractivity contribution in [3.63, 3.8) is 0 Å². The van der Waals surface area contributed by atoms with E-state index in [0.29, 0.717) is 0 Å². The zero-order chi connectivity index (χ0) is 9.84. The molecule has 13 heavy (non-hydrogen) atoms. The molecule has 0 radical (unpaired) electrons. The molecule has 0 saturated heterocycles. The average Bonchev–Trinajstić information content (AvgIpc) is 2.13. The first-order valence-corrected chi connectivity index (χ1v) is 5.37. The Bertz CT molecular complexity index is 289. The molecule has 2 N–H and O–H groups in total. The van der Waals surface area contributed by atoms with Crippen molar-refractivity contribution in [2.45, 2.75) is 6.04 Å². The first-order chi connectivity index (χ1) is 6.19. The van der Waals surface area contributed by atoms with Gasteiger partial charge in [-0.15, -0.1) is 0 Å². The zero-order valence-electron chi connectivity index (χ0n) is 7.22. The molecule has 0 unspecified atom stereocenters.